The summed E-state index contributed by atoms with van der Waals surface area (Å²) in [7, 11) is 0. The number of aromatic amines is 1. The molecule has 6 aromatic rings. The van der Waals surface area contributed by atoms with Gasteiger partial charge in [0.05, 0.1) is 17.4 Å². The SMILES string of the molecule is Cc1[nH]nc2ccc(-c3cc(OC[C@@H](N)Cc4ccccc4)cnc3-c3cccc(NC(=O)Nc4ccccc4)c3)cc12. The van der Waals surface area contributed by atoms with Crippen molar-refractivity contribution in [2.75, 3.05) is 17.2 Å². The van der Waals surface area contributed by atoms with Crippen LogP contribution in [0.15, 0.2) is 115 Å². The van der Waals surface area contributed by atoms with Crippen molar-refractivity contribution in [2.24, 2.45) is 5.73 Å². The fourth-order valence-electron chi connectivity index (χ4n) is 5.02. The van der Waals surface area contributed by atoms with Crippen LogP contribution in [0.25, 0.3) is 33.3 Å². The summed E-state index contributed by atoms with van der Waals surface area (Å²) in [6.07, 6.45) is 2.44. The number of aryl methyl sites for hydroxylation is 1. The zero-order chi connectivity index (χ0) is 29.6. The predicted molar refractivity (Wildman–Crippen MR) is 172 cm³/mol. The number of hydrogen-bond acceptors (Lipinski definition) is 5. The minimum absolute atomic E-state index is 0.166. The van der Waals surface area contributed by atoms with Gasteiger partial charge in [-0.15, -0.1) is 0 Å². The second-order valence-electron chi connectivity index (χ2n) is 10.4. The number of benzene rings is 4. The Balaban J connectivity index is 1.28. The van der Waals surface area contributed by atoms with Crippen LogP contribution < -0.4 is 21.1 Å². The van der Waals surface area contributed by atoms with E-state index in [9.17, 15) is 4.79 Å². The number of carbonyl (C=O) groups excluding carboxylic acids is 1. The topological polar surface area (TPSA) is 118 Å². The number of pyridine rings is 1. The summed E-state index contributed by atoms with van der Waals surface area (Å²) in [6.45, 7) is 2.35. The molecule has 214 valence electrons. The van der Waals surface area contributed by atoms with Crippen molar-refractivity contribution in [1.82, 2.24) is 15.2 Å². The van der Waals surface area contributed by atoms with Crippen LogP contribution in [0.1, 0.15) is 11.3 Å². The Hall–Kier alpha value is -5.47. The lowest BCUT2D eigenvalue weighted by atomic mass is 9.97. The number of anilines is 2. The molecular formula is C35H32N6O2. The van der Waals surface area contributed by atoms with Gasteiger partial charge in [-0.3, -0.25) is 10.1 Å². The van der Waals surface area contributed by atoms with Crippen LogP contribution in [0, 0.1) is 6.92 Å². The van der Waals surface area contributed by atoms with Gasteiger partial charge in [0.1, 0.15) is 12.4 Å². The zero-order valence-corrected chi connectivity index (χ0v) is 23.7. The number of urea groups is 1. The maximum absolute atomic E-state index is 12.7. The average molecular weight is 569 g/mol. The van der Waals surface area contributed by atoms with E-state index < -0.39 is 0 Å². The molecule has 5 N–H and O–H groups in total. The molecule has 2 amide bonds. The first-order valence-corrected chi connectivity index (χ1v) is 14.1. The fraction of sp³-hybridized carbons (Fsp3) is 0.114. The van der Waals surface area contributed by atoms with Crippen LogP contribution in [0.4, 0.5) is 16.2 Å². The van der Waals surface area contributed by atoms with Crippen molar-refractivity contribution in [3.8, 4) is 28.1 Å². The quantitative estimate of drug-likeness (QED) is 0.147. The van der Waals surface area contributed by atoms with Crippen LogP contribution >= 0.6 is 0 Å². The van der Waals surface area contributed by atoms with Gasteiger partial charge in [0.25, 0.3) is 0 Å². The number of para-hydroxylation sites is 1. The van der Waals surface area contributed by atoms with Crippen LogP contribution in [0.5, 0.6) is 5.75 Å². The Morgan fingerprint density at radius 1 is 0.860 bits per heavy atom. The van der Waals surface area contributed by atoms with Gasteiger partial charge in [-0.05, 0) is 66.9 Å². The molecule has 0 radical (unpaired) electrons. The molecule has 8 heteroatoms. The highest BCUT2D eigenvalue weighted by atomic mass is 16.5. The third-order valence-electron chi connectivity index (χ3n) is 7.15. The highest BCUT2D eigenvalue weighted by Crippen LogP contribution is 2.35. The average Bonchev–Trinajstić information content (AvgIpc) is 3.40. The maximum Gasteiger partial charge on any atom is 0.323 e. The van der Waals surface area contributed by atoms with Crippen molar-refractivity contribution in [3.63, 3.8) is 0 Å². The summed E-state index contributed by atoms with van der Waals surface area (Å²) in [5.74, 6) is 0.628. The number of carbonyl (C=O) groups is 1. The van der Waals surface area contributed by atoms with E-state index in [1.165, 1.54) is 5.56 Å². The van der Waals surface area contributed by atoms with Gasteiger partial charge in [0.2, 0.25) is 0 Å². The molecule has 0 saturated carbocycles. The van der Waals surface area contributed by atoms with Gasteiger partial charge in [-0.2, -0.15) is 5.10 Å². The molecule has 0 bridgehead atoms. The summed E-state index contributed by atoms with van der Waals surface area (Å²) in [5.41, 5.74) is 14.3. The maximum atomic E-state index is 12.7. The summed E-state index contributed by atoms with van der Waals surface area (Å²) in [5, 5.41) is 14.2. The van der Waals surface area contributed by atoms with Gasteiger partial charge in [0, 0.05) is 39.6 Å². The Kier molecular flexibility index (Phi) is 8.10. The van der Waals surface area contributed by atoms with Crippen LogP contribution in [0.2, 0.25) is 0 Å². The van der Waals surface area contributed by atoms with Gasteiger partial charge in [0.15, 0.2) is 0 Å². The molecule has 0 fully saturated rings. The van der Waals surface area contributed by atoms with Gasteiger partial charge >= 0.3 is 6.03 Å². The first-order chi connectivity index (χ1) is 21.0. The number of H-pyrrole nitrogens is 1. The second kappa shape index (κ2) is 12.6. The summed E-state index contributed by atoms with van der Waals surface area (Å²) in [4.78, 5) is 17.5. The van der Waals surface area contributed by atoms with E-state index in [2.05, 4.69) is 39.0 Å². The summed E-state index contributed by atoms with van der Waals surface area (Å²) in [6, 6.07) is 34.7. The number of fused-ring (bicyclic) bond motifs is 1. The Morgan fingerprint density at radius 3 is 2.42 bits per heavy atom. The molecule has 0 spiro atoms. The van der Waals surface area contributed by atoms with Gasteiger partial charge in [-0.25, -0.2) is 4.79 Å². The van der Waals surface area contributed by atoms with E-state index in [-0.39, 0.29) is 12.1 Å². The lowest BCUT2D eigenvalue weighted by Crippen LogP contribution is -2.30. The first-order valence-electron chi connectivity index (χ1n) is 14.1. The summed E-state index contributed by atoms with van der Waals surface area (Å²) >= 11 is 0. The van der Waals surface area contributed by atoms with Crippen LogP contribution in [0.3, 0.4) is 0 Å². The van der Waals surface area contributed by atoms with E-state index in [0.717, 1.165) is 39.0 Å². The lowest BCUT2D eigenvalue weighted by Gasteiger charge is -2.16. The highest BCUT2D eigenvalue weighted by molar-refractivity contribution is 6.00. The Bertz CT molecular complexity index is 1850. The van der Waals surface area contributed by atoms with Crippen molar-refractivity contribution >= 4 is 28.3 Å². The van der Waals surface area contributed by atoms with Gasteiger partial charge < -0.3 is 21.1 Å². The molecule has 0 unspecified atom stereocenters. The van der Waals surface area contributed by atoms with Crippen molar-refractivity contribution < 1.29 is 9.53 Å². The number of nitrogens with zero attached hydrogens (tertiary/aromatic N) is 2. The molecule has 6 rings (SSSR count). The Labute approximate surface area is 249 Å². The number of nitrogens with one attached hydrogen (secondary N) is 3. The largest absolute Gasteiger partial charge is 0.490 e. The van der Waals surface area contributed by atoms with E-state index in [4.69, 9.17) is 15.5 Å². The van der Waals surface area contributed by atoms with Crippen LogP contribution in [-0.2, 0) is 6.42 Å². The van der Waals surface area contributed by atoms with Gasteiger partial charge in [-0.1, -0.05) is 66.7 Å². The number of aromatic nitrogens is 3. The molecular weight excluding hydrogens is 536 g/mol. The minimum Gasteiger partial charge on any atom is -0.490 e. The van der Waals surface area contributed by atoms with Crippen molar-refractivity contribution in [3.05, 3.63) is 127 Å². The molecule has 0 aliphatic carbocycles. The third-order valence-corrected chi connectivity index (χ3v) is 7.15. The number of rotatable bonds is 9. The molecule has 0 aliphatic rings. The first kappa shape index (κ1) is 27.7. The molecule has 0 saturated heterocycles. The third kappa shape index (κ3) is 6.72. The van der Waals surface area contributed by atoms with Crippen molar-refractivity contribution in [2.45, 2.75) is 19.4 Å². The van der Waals surface area contributed by atoms with E-state index in [0.29, 0.717) is 30.2 Å². The fourth-order valence-corrected chi connectivity index (χ4v) is 5.02. The second-order valence-corrected chi connectivity index (χ2v) is 10.4. The molecule has 4 aromatic carbocycles. The minimum atomic E-state index is -0.326. The van der Waals surface area contributed by atoms with E-state index in [1.807, 2.05) is 97.9 Å². The van der Waals surface area contributed by atoms with Crippen LogP contribution in [-0.4, -0.2) is 33.9 Å². The number of ether oxygens (including phenoxy) is 1. The normalized spacial score (nSPS) is 11.7. The number of nitrogens with two attached hydrogens (primary N) is 1. The van der Waals surface area contributed by atoms with E-state index >= 15 is 0 Å². The Morgan fingerprint density at radius 2 is 1.60 bits per heavy atom. The highest BCUT2D eigenvalue weighted by Gasteiger charge is 2.15. The molecule has 8 nitrogen and oxygen atoms in total. The molecule has 0 aliphatic heterocycles. The predicted octanol–water partition coefficient (Wildman–Crippen LogP) is 7.19. The molecule has 2 aromatic heterocycles. The lowest BCUT2D eigenvalue weighted by molar-refractivity contribution is 0.262. The molecule has 43 heavy (non-hydrogen) atoms. The smallest absolute Gasteiger partial charge is 0.323 e. The molecule has 1 atom stereocenters. The number of hydrogen-bond donors (Lipinski definition) is 4. The molecule has 2 heterocycles. The monoisotopic (exact) mass is 568 g/mol. The van der Waals surface area contributed by atoms with Crippen molar-refractivity contribution in [1.29, 1.82) is 0 Å². The zero-order valence-electron chi connectivity index (χ0n) is 23.7. The number of amides is 2. The van der Waals surface area contributed by atoms with E-state index in [1.54, 1.807) is 6.20 Å². The standard InChI is InChI=1S/C35H32N6O2/c1-23-31-19-25(15-16-33(31)41-40-23)32-20-30(43-22-27(36)17-24-9-4-2-5-10-24)21-37-34(32)26-11-8-14-29(18-26)39-35(42)38-28-12-6-3-7-13-28/h2-16,18-21,27H,17,22,36H2,1H3,(H,40,41)(H2,38,39,42)/t27-/m0/s1. The summed E-state index contributed by atoms with van der Waals surface area (Å²) < 4.78 is 6.15.